The van der Waals surface area contributed by atoms with E-state index >= 15 is 0 Å². The molecule has 1 aliphatic rings. The molecule has 1 N–H and O–H groups in total. The normalized spacial score (nSPS) is 19.1. The molecular weight excluding hydrogens is 404 g/mol. The van der Waals surface area contributed by atoms with E-state index in [1.165, 1.54) is 11.1 Å². The first kappa shape index (κ1) is 18.1. The van der Waals surface area contributed by atoms with Crippen LogP contribution in [0.5, 0.6) is 0 Å². The Labute approximate surface area is 167 Å². The second kappa shape index (κ2) is 7.79. The van der Waals surface area contributed by atoms with Crippen molar-refractivity contribution in [2.45, 2.75) is 18.9 Å². The molecule has 2 atom stereocenters. The Bertz CT molecular complexity index is 975. The molecule has 0 radical (unpaired) electrons. The third-order valence-corrected chi connectivity index (χ3v) is 5.81. The second-order valence-corrected chi connectivity index (χ2v) is 8.03. The molecule has 5 heteroatoms. The first-order chi connectivity index (χ1) is 13.1. The van der Waals surface area contributed by atoms with Crippen molar-refractivity contribution in [2.24, 2.45) is 5.92 Å². The van der Waals surface area contributed by atoms with Crippen LogP contribution in [0.15, 0.2) is 65.4 Å². The summed E-state index contributed by atoms with van der Waals surface area (Å²) in [6, 6.07) is 16.8. The van der Waals surface area contributed by atoms with E-state index in [-0.39, 0.29) is 12.0 Å². The number of carboxylic acids is 1. The number of halogens is 1. The van der Waals surface area contributed by atoms with Gasteiger partial charge in [0.2, 0.25) is 0 Å². The van der Waals surface area contributed by atoms with Crippen LogP contribution in [0, 0.1) is 5.92 Å². The molecular formula is C22H21BrN2O2. The molecule has 4 nitrogen and oxygen atoms in total. The van der Waals surface area contributed by atoms with Gasteiger partial charge in [-0.05, 0) is 60.2 Å². The average Bonchev–Trinajstić information content (AvgIpc) is 2.68. The summed E-state index contributed by atoms with van der Waals surface area (Å²) in [6.45, 7) is 1.47. The number of aromatic nitrogens is 1. The minimum absolute atomic E-state index is 0.0298. The zero-order valence-electron chi connectivity index (χ0n) is 14.9. The molecule has 3 aromatic rings. The second-order valence-electron chi connectivity index (χ2n) is 7.11. The molecule has 2 unspecified atom stereocenters. The summed E-state index contributed by atoms with van der Waals surface area (Å²) in [6.07, 6.45) is 5.33. The number of aliphatic carboxylic acids is 1. The van der Waals surface area contributed by atoms with Crippen LogP contribution in [0.1, 0.15) is 30.0 Å². The number of carboxylic acid groups (broad SMARTS) is 1. The van der Waals surface area contributed by atoms with Gasteiger partial charge in [0.05, 0.1) is 12.0 Å². The zero-order chi connectivity index (χ0) is 18.8. The summed E-state index contributed by atoms with van der Waals surface area (Å²) < 4.78 is 1.03. The van der Waals surface area contributed by atoms with Gasteiger partial charge in [-0.3, -0.25) is 14.7 Å². The van der Waals surface area contributed by atoms with Gasteiger partial charge in [-0.15, -0.1) is 0 Å². The Kier molecular flexibility index (Phi) is 5.23. The van der Waals surface area contributed by atoms with E-state index in [1.54, 1.807) is 0 Å². The van der Waals surface area contributed by atoms with E-state index in [2.05, 4.69) is 56.1 Å². The third-order valence-electron chi connectivity index (χ3n) is 5.31. The molecule has 138 valence electrons. The molecule has 1 saturated heterocycles. The first-order valence-electron chi connectivity index (χ1n) is 9.18. The lowest BCUT2D eigenvalue weighted by Crippen LogP contribution is -2.41. The highest BCUT2D eigenvalue weighted by atomic mass is 79.9. The zero-order valence-corrected chi connectivity index (χ0v) is 16.5. The number of fused-ring (bicyclic) bond motifs is 1. The van der Waals surface area contributed by atoms with E-state index in [1.807, 2.05) is 30.6 Å². The maximum Gasteiger partial charge on any atom is 0.307 e. The quantitative estimate of drug-likeness (QED) is 0.647. The van der Waals surface area contributed by atoms with E-state index < -0.39 is 5.97 Å². The molecule has 1 aromatic heterocycles. The SMILES string of the molecule is O=C(O)C1CCCN(C(c2cccc(Br)c2)c2ccc3cnccc3c2)C1. The Morgan fingerprint density at radius 2 is 2.00 bits per heavy atom. The fraction of sp³-hybridized carbons (Fsp3) is 0.273. The molecule has 4 rings (SSSR count). The number of piperidine rings is 1. The molecule has 0 spiro atoms. The molecule has 27 heavy (non-hydrogen) atoms. The maximum atomic E-state index is 11.6. The van der Waals surface area contributed by atoms with E-state index in [0.717, 1.165) is 34.6 Å². The van der Waals surface area contributed by atoms with Crippen LogP contribution in [0.4, 0.5) is 0 Å². The molecule has 1 fully saturated rings. The summed E-state index contributed by atoms with van der Waals surface area (Å²) >= 11 is 3.58. The Hall–Kier alpha value is -2.24. The number of hydrogen-bond donors (Lipinski definition) is 1. The fourth-order valence-corrected chi connectivity index (χ4v) is 4.42. The van der Waals surface area contributed by atoms with Crippen LogP contribution in [0.3, 0.4) is 0 Å². The smallest absolute Gasteiger partial charge is 0.307 e. The summed E-state index contributed by atoms with van der Waals surface area (Å²) in [5.74, 6) is -1.00. The average molecular weight is 425 g/mol. The number of likely N-dealkylation sites (tertiary alicyclic amines) is 1. The van der Waals surface area contributed by atoms with Crippen LogP contribution < -0.4 is 0 Å². The van der Waals surface area contributed by atoms with E-state index in [4.69, 9.17) is 0 Å². The van der Waals surface area contributed by atoms with Crippen molar-refractivity contribution < 1.29 is 9.90 Å². The summed E-state index contributed by atoms with van der Waals surface area (Å²) in [4.78, 5) is 18.1. The van der Waals surface area contributed by atoms with Gasteiger partial charge in [0.15, 0.2) is 0 Å². The number of nitrogens with zero attached hydrogens (tertiary/aromatic N) is 2. The van der Waals surface area contributed by atoms with Crippen LogP contribution in [-0.2, 0) is 4.79 Å². The van der Waals surface area contributed by atoms with Crippen molar-refractivity contribution in [3.8, 4) is 0 Å². The number of hydrogen-bond acceptors (Lipinski definition) is 3. The molecule has 1 aliphatic heterocycles. The highest BCUT2D eigenvalue weighted by Crippen LogP contribution is 2.35. The van der Waals surface area contributed by atoms with Crippen LogP contribution in [-0.4, -0.2) is 34.0 Å². The Morgan fingerprint density at radius 3 is 2.81 bits per heavy atom. The topological polar surface area (TPSA) is 53.4 Å². The van der Waals surface area contributed by atoms with E-state index in [0.29, 0.717) is 6.54 Å². The van der Waals surface area contributed by atoms with Crippen molar-refractivity contribution in [1.82, 2.24) is 9.88 Å². The van der Waals surface area contributed by atoms with Crippen molar-refractivity contribution in [3.63, 3.8) is 0 Å². The van der Waals surface area contributed by atoms with Gasteiger partial charge in [-0.1, -0.05) is 40.2 Å². The van der Waals surface area contributed by atoms with Crippen molar-refractivity contribution >= 4 is 32.7 Å². The van der Waals surface area contributed by atoms with Crippen molar-refractivity contribution in [3.05, 3.63) is 76.5 Å². The van der Waals surface area contributed by atoms with Crippen molar-refractivity contribution in [2.75, 3.05) is 13.1 Å². The predicted octanol–water partition coefficient (Wildman–Crippen LogP) is 4.88. The number of benzene rings is 2. The summed E-state index contributed by atoms with van der Waals surface area (Å²) in [7, 11) is 0. The summed E-state index contributed by atoms with van der Waals surface area (Å²) in [5, 5.41) is 11.8. The van der Waals surface area contributed by atoms with Gasteiger partial charge < -0.3 is 5.11 Å². The van der Waals surface area contributed by atoms with Gasteiger partial charge >= 0.3 is 5.97 Å². The lowest BCUT2D eigenvalue weighted by atomic mass is 9.91. The van der Waals surface area contributed by atoms with Crippen LogP contribution in [0.2, 0.25) is 0 Å². The van der Waals surface area contributed by atoms with Gasteiger partial charge in [0.1, 0.15) is 0 Å². The number of rotatable bonds is 4. The lowest BCUT2D eigenvalue weighted by molar-refractivity contribution is -0.143. The fourth-order valence-electron chi connectivity index (χ4n) is 4.01. The first-order valence-corrected chi connectivity index (χ1v) is 9.97. The monoisotopic (exact) mass is 424 g/mol. The van der Waals surface area contributed by atoms with Gasteiger partial charge in [-0.25, -0.2) is 0 Å². The third kappa shape index (κ3) is 3.89. The predicted molar refractivity (Wildman–Crippen MR) is 110 cm³/mol. The van der Waals surface area contributed by atoms with Gasteiger partial charge in [-0.2, -0.15) is 0 Å². The standard InChI is InChI=1S/C22H21BrN2O2/c23-20-5-1-3-16(12-20)21(25-10-2-4-19(14-25)22(26)27)17-6-7-18-13-24-9-8-15(18)11-17/h1,3,5-9,11-13,19,21H,2,4,10,14H2,(H,26,27). The Morgan fingerprint density at radius 1 is 1.15 bits per heavy atom. The minimum Gasteiger partial charge on any atom is -0.481 e. The van der Waals surface area contributed by atoms with Gasteiger partial charge in [0, 0.05) is 28.8 Å². The van der Waals surface area contributed by atoms with Crippen molar-refractivity contribution in [1.29, 1.82) is 0 Å². The van der Waals surface area contributed by atoms with Crippen LogP contribution >= 0.6 is 15.9 Å². The molecule has 2 aromatic carbocycles. The molecule has 0 saturated carbocycles. The highest BCUT2D eigenvalue weighted by Gasteiger charge is 2.31. The minimum atomic E-state index is -0.697. The van der Waals surface area contributed by atoms with E-state index in [9.17, 15) is 9.90 Å². The van der Waals surface area contributed by atoms with Crippen LogP contribution in [0.25, 0.3) is 10.8 Å². The number of carbonyl (C=O) groups is 1. The lowest BCUT2D eigenvalue weighted by Gasteiger charge is -2.37. The molecule has 0 aliphatic carbocycles. The number of pyridine rings is 1. The highest BCUT2D eigenvalue weighted by molar-refractivity contribution is 9.10. The molecule has 2 heterocycles. The largest absolute Gasteiger partial charge is 0.481 e. The Balaban J connectivity index is 1.78. The molecule has 0 bridgehead atoms. The maximum absolute atomic E-state index is 11.6. The molecule has 0 amide bonds. The van der Waals surface area contributed by atoms with Gasteiger partial charge in [0.25, 0.3) is 0 Å². The summed E-state index contributed by atoms with van der Waals surface area (Å²) in [5.41, 5.74) is 2.35.